The number of piperidine rings is 1. The SMILES string of the molecule is CCc1ncccc1C(=O)N1CCC(c2cc(CN)ccc2C)CC1.Cl.Cl.c1cc2cc-2c1. The Balaban J connectivity index is 0.000000412. The van der Waals surface area contributed by atoms with E-state index in [4.69, 9.17) is 5.73 Å². The minimum absolute atomic E-state index is 0. The van der Waals surface area contributed by atoms with Crippen LogP contribution in [0.2, 0.25) is 0 Å². The van der Waals surface area contributed by atoms with Gasteiger partial charge in [-0.25, -0.2) is 0 Å². The van der Waals surface area contributed by atoms with Gasteiger partial charge in [-0.3, -0.25) is 9.78 Å². The van der Waals surface area contributed by atoms with E-state index in [1.165, 1.54) is 27.8 Å². The molecule has 6 heteroatoms. The van der Waals surface area contributed by atoms with E-state index in [1.807, 2.05) is 24.0 Å². The number of carbonyl (C=O) groups is 1. The number of hydrogen-bond acceptors (Lipinski definition) is 3. The highest BCUT2D eigenvalue weighted by Crippen LogP contribution is 2.33. The number of carbonyl (C=O) groups excluding carboxylic acids is 1. The van der Waals surface area contributed by atoms with Crippen molar-refractivity contribution < 1.29 is 4.79 Å². The Labute approximate surface area is 209 Å². The average Bonchev–Trinajstić information content (AvgIpc) is 3.43. The fourth-order valence-corrected chi connectivity index (χ4v) is 4.41. The second-order valence-electron chi connectivity index (χ2n) is 8.39. The lowest BCUT2D eigenvalue weighted by Crippen LogP contribution is -2.38. The molecule has 176 valence electrons. The van der Waals surface area contributed by atoms with Crippen LogP contribution < -0.4 is 5.73 Å². The van der Waals surface area contributed by atoms with E-state index in [0.29, 0.717) is 12.5 Å². The summed E-state index contributed by atoms with van der Waals surface area (Å²) < 4.78 is 0. The molecular formula is C27H33Cl2N3O. The maximum atomic E-state index is 12.9. The molecule has 33 heavy (non-hydrogen) atoms. The number of benzene rings is 2. The largest absolute Gasteiger partial charge is 0.339 e. The highest BCUT2D eigenvalue weighted by molar-refractivity contribution is 5.95. The summed E-state index contributed by atoms with van der Waals surface area (Å²) in [5.41, 5.74) is 14.2. The van der Waals surface area contributed by atoms with Crippen LogP contribution in [0, 0.1) is 6.92 Å². The van der Waals surface area contributed by atoms with Gasteiger partial charge in [0.2, 0.25) is 0 Å². The molecule has 1 aromatic heterocycles. The molecule has 0 unspecified atom stereocenters. The van der Waals surface area contributed by atoms with E-state index >= 15 is 0 Å². The number of halogens is 2. The first-order chi connectivity index (χ1) is 15.1. The first-order valence-corrected chi connectivity index (χ1v) is 11.2. The molecule has 3 aliphatic rings. The molecule has 1 aromatic carbocycles. The molecule has 2 aromatic rings. The first-order valence-electron chi connectivity index (χ1n) is 11.2. The molecule has 1 fully saturated rings. The number of fused-ring (bicyclic) bond motifs is 1. The maximum absolute atomic E-state index is 12.9. The molecular weight excluding hydrogens is 453 g/mol. The summed E-state index contributed by atoms with van der Waals surface area (Å²) in [5.74, 6) is 0.630. The smallest absolute Gasteiger partial charge is 0.255 e. The van der Waals surface area contributed by atoms with Crippen molar-refractivity contribution in [3.05, 3.63) is 88.7 Å². The first kappa shape index (κ1) is 26.8. The van der Waals surface area contributed by atoms with Crippen LogP contribution in [0.1, 0.15) is 58.4 Å². The van der Waals surface area contributed by atoms with E-state index in [9.17, 15) is 4.79 Å². The Morgan fingerprint density at radius 2 is 1.73 bits per heavy atom. The Bertz CT molecular complexity index is 1060. The van der Waals surface area contributed by atoms with Gasteiger partial charge in [-0.1, -0.05) is 43.3 Å². The summed E-state index contributed by atoms with van der Waals surface area (Å²) in [6, 6.07) is 18.7. The zero-order valence-electron chi connectivity index (χ0n) is 19.3. The second-order valence-corrected chi connectivity index (χ2v) is 8.39. The summed E-state index contributed by atoms with van der Waals surface area (Å²) >= 11 is 0. The molecule has 1 aliphatic heterocycles. The van der Waals surface area contributed by atoms with Gasteiger partial charge in [0, 0.05) is 25.8 Å². The molecule has 0 spiro atoms. The van der Waals surface area contributed by atoms with Crippen LogP contribution in [0.3, 0.4) is 0 Å². The van der Waals surface area contributed by atoms with Gasteiger partial charge in [0.25, 0.3) is 5.91 Å². The zero-order chi connectivity index (χ0) is 21.8. The van der Waals surface area contributed by atoms with E-state index < -0.39 is 0 Å². The second kappa shape index (κ2) is 12.2. The summed E-state index contributed by atoms with van der Waals surface area (Å²) in [6.07, 6.45) is 4.54. The molecule has 0 bridgehead atoms. The highest BCUT2D eigenvalue weighted by atomic mass is 35.5. The molecule has 1 saturated heterocycles. The maximum Gasteiger partial charge on any atom is 0.255 e. The normalized spacial score (nSPS) is 13.7. The molecule has 0 radical (unpaired) electrons. The molecule has 5 rings (SSSR count). The predicted molar refractivity (Wildman–Crippen MR) is 140 cm³/mol. The number of rotatable bonds is 4. The number of amides is 1. The van der Waals surface area contributed by atoms with Crippen molar-refractivity contribution in [1.29, 1.82) is 0 Å². The third-order valence-corrected chi connectivity index (χ3v) is 6.37. The minimum Gasteiger partial charge on any atom is -0.339 e. The molecule has 0 atom stereocenters. The van der Waals surface area contributed by atoms with Crippen LogP contribution in [0.5, 0.6) is 0 Å². The number of pyridine rings is 1. The van der Waals surface area contributed by atoms with Crippen molar-refractivity contribution in [2.24, 2.45) is 5.73 Å². The lowest BCUT2D eigenvalue weighted by atomic mass is 9.85. The molecule has 1 amide bonds. The molecule has 2 aliphatic carbocycles. The van der Waals surface area contributed by atoms with Crippen molar-refractivity contribution >= 4 is 30.7 Å². The van der Waals surface area contributed by atoms with Crippen LogP contribution in [0.15, 0.2) is 60.8 Å². The summed E-state index contributed by atoms with van der Waals surface area (Å²) in [7, 11) is 0. The van der Waals surface area contributed by atoms with Gasteiger partial charge in [-0.2, -0.15) is 0 Å². The van der Waals surface area contributed by atoms with Gasteiger partial charge in [0.05, 0.1) is 11.3 Å². The summed E-state index contributed by atoms with van der Waals surface area (Å²) in [5, 5.41) is 0. The Kier molecular flexibility index (Phi) is 9.90. The third-order valence-electron chi connectivity index (χ3n) is 6.37. The molecule has 2 heterocycles. The Hall–Kier alpha value is -2.40. The van der Waals surface area contributed by atoms with E-state index in [-0.39, 0.29) is 30.7 Å². The average molecular weight is 486 g/mol. The van der Waals surface area contributed by atoms with Crippen molar-refractivity contribution in [3.8, 4) is 11.1 Å². The lowest BCUT2D eigenvalue weighted by Gasteiger charge is -2.33. The Morgan fingerprint density at radius 1 is 1.03 bits per heavy atom. The fourth-order valence-electron chi connectivity index (χ4n) is 4.41. The summed E-state index contributed by atoms with van der Waals surface area (Å²) in [6.45, 7) is 6.38. The van der Waals surface area contributed by atoms with Crippen LogP contribution >= 0.6 is 24.8 Å². The number of nitrogens with zero attached hydrogens (tertiary/aromatic N) is 2. The lowest BCUT2D eigenvalue weighted by molar-refractivity contribution is 0.0711. The minimum atomic E-state index is 0. The van der Waals surface area contributed by atoms with Crippen LogP contribution in [0.25, 0.3) is 11.1 Å². The number of aryl methyl sites for hydroxylation is 2. The van der Waals surface area contributed by atoms with Crippen molar-refractivity contribution in [2.75, 3.05) is 13.1 Å². The van der Waals surface area contributed by atoms with Gasteiger partial charge in [0.1, 0.15) is 0 Å². The third kappa shape index (κ3) is 6.35. The van der Waals surface area contributed by atoms with E-state index in [0.717, 1.165) is 43.6 Å². The van der Waals surface area contributed by atoms with E-state index in [2.05, 4.69) is 54.4 Å². The van der Waals surface area contributed by atoms with Crippen molar-refractivity contribution in [2.45, 2.75) is 45.6 Å². The quantitative estimate of drug-likeness (QED) is 0.388. The molecule has 2 N–H and O–H groups in total. The van der Waals surface area contributed by atoms with Gasteiger partial charge in [0.15, 0.2) is 0 Å². The number of nitrogens with two attached hydrogens (primary N) is 1. The van der Waals surface area contributed by atoms with E-state index in [1.54, 1.807) is 6.20 Å². The van der Waals surface area contributed by atoms with Gasteiger partial charge in [-0.15, -0.1) is 24.8 Å². The number of aromatic nitrogens is 1. The van der Waals surface area contributed by atoms with Crippen LogP contribution in [0.4, 0.5) is 0 Å². The monoisotopic (exact) mass is 485 g/mol. The standard InChI is InChI=1S/C21H27N3O.C6H4.2ClH/c1-3-20-18(5-4-10-23-20)21(25)24-11-8-17(9-12-24)19-13-16(14-22)7-6-15(19)2;1-2-5-4-6(5)3-1;;/h4-7,10,13,17H,3,8-9,11-12,14,22H2,1-2H3;1-4H;2*1H. The predicted octanol–water partition coefficient (Wildman–Crippen LogP) is 5.94. The van der Waals surface area contributed by atoms with Gasteiger partial charge < -0.3 is 10.6 Å². The van der Waals surface area contributed by atoms with Crippen LogP contribution in [-0.4, -0.2) is 28.9 Å². The molecule has 0 saturated carbocycles. The molecule has 4 nitrogen and oxygen atoms in total. The fraction of sp³-hybridized carbons (Fsp3) is 0.333. The van der Waals surface area contributed by atoms with Gasteiger partial charge >= 0.3 is 0 Å². The zero-order valence-corrected chi connectivity index (χ0v) is 20.9. The van der Waals surface area contributed by atoms with Gasteiger partial charge in [-0.05, 0) is 78.1 Å². The Morgan fingerprint density at radius 3 is 2.27 bits per heavy atom. The number of likely N-dealkylation sites (tertiary alicyclic amines) is 1. The topological polar surface area (TPSA) is 59.2 Å². The summed E-state index contributed by atoms with van der Waals surface area (Å²) in [4.78, 5) is 19.2. The van der Waals surface area contributed by atoms with Crippen LogP contribution in [-0.2, 0) is 13.0 Å². The van der Waals surface area contributed by atoms with Crippen molar-refractivity contribution in [1.82, 2.24) is 9.88 Å². The van der Waals surface area contributed by atoms with Crippen molar-refractivity contribution in [3.63, 3.8) is 0 Å². The highest BCUT2D eigenvalue weighted by Gasteiger charge is 2.26. The number of hydrogen-bond donors (Lipinski definition) is 1.